The molecule has 5 nitrogen and oxygen atoms in total. The molecule has 3 rings (SSSR count). The Bertz CT molecular complexity index is 873. The van der Waals surface area contributed by atoms with Gasteiger partial charge in [0.15, 0.2) is 5.69 Å². The van der Waals surface area contributed by atoms with Crippen LogP contribution in [0.2, 0.25) is 0 Å². The molecule has 11 heteroatoms. The van der Waals surface area contributed by atoms with E-state index in [1.54, 1.807) is 0 Å². The molecule has 0 radical (unpaired) electrons. The van der Waals surface area contributed by atoms with E-state index in [4.69, 9.17) is 4.74 Å². The van der Waals surface area contributed by atoms with Crippen LogP contribution in [-0.4, -0.2) is 28.8 Å². The molecular formula is C17H15F6N3O2. The van der Waals surface area contributed by atoms with Crippen molar-refractivity contribution in [3.05, 3.63) is 52.3 Å². The Morgan fingerprint density at radius 1 is 1.14 bits per heavy atom. The van der Waals surface area contributed by atoms with Gasteiger partial charge in [0.2, 0.25) is 0 Å². The maximum Gasteiger partial charge on any atom is 0.435 e. The van der Waals surface area contributed by atoms with Crippen molar-refractivity contribution in [3.63, 3.8) is 0 Å². The van der Waals surface area contributed by atoms with Crippen molar-refractivity contribution >= 4 is 5.91 Å². The van der Waals surface area contributed by atoms with E-state index < -0.39 is 35.1 Å². The van der Waals surface area contributed by atoms with E-state index in [2.05, 4.69) is 10.4 Å². The van der Waals surface area contributed by atoms with Crippen LogP contribution in [0.4, 0.5) is 26.3 Å². The van der Waals surface area contributed by atoms with Gasteiger partial charge in [-0.05, 0) is 12.1 Å². The first-order chi connectivity index (χ1) is 13.1. The monoisotopic (exact) mass is 407 g/mol. The van der Waals surface area contributed by atoms with Crippen molar-refractivity contribution < 1.29 is 35.9 Å². The lowest BCUT2D eigenvalue weighted by Crippen LogP contribution is -2.30. The molecule has 0 aliphatic carbocycles. The predicted octanol–water partition coefficient (Wildman–Crippen LogP) is 3.42. The molecular weight excluding hydrogens is 392 g/mol. The second-order valence-electron chi connectivity index (χ2n) is 6.10. The van der Waals surface area contributed by atoms with Gasteiger partial charge in [0.25, 0.3) is 5.91 Å². The van der Waals surface area contributed by atoms with Crippen LogP contribution in [0.5, 0.6) is 0 Å². The maximum absolute atomic E-state index is 13.1. The molecule has 1 N–H and O–H groups in total. The fourth-order valence-electron chi connectivity index (χ4n) is 3.02. The molecule has 1 amide bonds. The van der Waals surface area contributed by atoms with Gasteiger partial charge in [0.05, 0.1) is 30.9 Å². The number of hydrogen-bond donors (Lipinski definition) is 1. The van der Waals surface area contributed by atoms with Crippen LogP contribution in [0.3, 0.4) is 0 Å². The highest BCUT2D eigenvalue weighted by Crippen LogP contribution is 2.34. The van der Waals surface area contributed by atoms with Gasteiger partial charge in [-0.3, -0.25) is 9.48 Å². The number of carbonyl (C=O) groups is 1. The number of aromatic nitrogens is 2. The molecule has 2 aromatic rings. The van der Waals surface area contributed by atoms with Crippen LogP contribution >= 0.6 is 0 Å². The molecule has 28 heavy (non-hydrogen) atoms. The van der Waals surface area contributed by atoms with E-state index in [0.717, 1.165) is 22.9 Å². The summed E-state index contributed by atoms with van der Waals surface area (Å²) in [5.74, 6) is -0.965. The van der Waals surface area contributed by atoms with Crippen LogP contribution in [0.25, 0.3) is 0 Å². The van der Waals surface area contributed by atoms with Crippen molar-refractivity contribution in [2.75, 3.05) is 13.2 Å². The number of halogens is 6. The summed E-state index contributed by atoms with van der Waals surface area (Å²) >= 11 is 0. The Kier molecular flexibility index (Phi) is 5.37. The molecule has 2 heterocycles. The molecule has 0 unspecified atom stereocenters. The number of rotatable bonds is 4. The minimum atomic E-state index is -4.70. The van der Waals surface area contributed by atoms with Crippen LogP contribution in [0.15, 0.2) is 24.3 Å². The van der Waals surface area contributed by atoms with E-state index in [1.165, 1.54) is 6.07 Å². The number of nitrogens with one attached hydrogen (secondary N) is 1. The molecule has 0 atom stereocenters. The molecule has 0 spiro atoms. The van der Waals surface area contributed by atoms with E-state index in [0.29, 0.717) is 5.69 Å². The molecule has 0 saturated carbocycles. The number of amides is 1. The summed E-state index contributed by atoms with van der Waals surface area (Å²) in [7, 11) is 0. The van der Waals surface area contributed by atoms with Crippen LogP contribution in [0.1, 0.15) is 32.9 Å². The molecule has 1 aromatic heterocycles. The molecule has 152 valence electrons. The van der Waals surface area contributed by atoms with Gasteiger partial charge in [-0.1, -0.05) is 12.1 Å². The van der Waals surface area contributed by atoms with Gasteiger partial charge >= 0.3 is 12.4 Å². The van der Waals surface area contributed by atoms with Gasteiger partial charge in [0.1, 0.15) is 0 Å². The summed E-state index contributed by atoms with van der Waals surface area (Å²) in [6, 6.07) is 4.28. The van der Waals surface area contributed by atoms with Gasteiger partial charge in [-0.25, -0.2) is 0 Å². The fraction of sp³-hybridized carbons (Fsp3) is 0.412. The largest absolute Gasteiger partial charge is 0.435 e. The average molecular weight is 407 g/mol. The SMILES string of the molecule is O=C(NCCn1nc(C(F)(F)F)c2c1CCOC2)c1ccccc1C(F)(F)F. The Hall–Kier alpha value is -2.56. The molecule has 1 aliphatic rings. The first kappa shape index (κ1) is 20.2. The summed E-state index contributed by atoms with van der Waals surface area (Å²) < 4.78 is 84.5. The average Bonchev–Trinajstić information content (AvgIpc) is 3.00. The lowest BCUT2D eigenvalue weighted by Gasteiger charge is -2.16. The minimum absolute atomic E-state index is 0.0486. The zero-order valence-electron chi connectivity index (χ0n) is 14.3. The summed E-state index contributed by atoms with van der Waals surface area (Å²) in [5, 5.41) is 5.87. The summed E-state index contributed by atoms with van der Waals surface area (Å²) in [6.07, 6.45) is -9.12. The number of ether oxygens (including phenoxy) is 1. The van der Waals surface area contributed by atoms with Crippen molar-refractivity contribution in [1.82, 2.24) is 15.1 Å². The molecule has 1 aliphatic heterocycles. The normalized spacial score (nSPS) is 14.6. The third kappa shape index (κ3) is 4.13. The van der Waals surface area contributed by atoms with Gasteiger partial charge in [-0.15, -0.1) is 0 Å². The first-order valence-electron chi connectivity index (χ1n) is 8.27. The Labute approximate surface area is 155 Å². The maximum atomic E-state index is 13.1. The second kappa shape index (κ2) is 7.46. The second-order valence-corrected chi connectivity index (χ2v) is 6.10. The fourth-order valence-corrected chi connectivity index (χ4v) is 3.02. The highest BCUT2D eigenvalue weighted by molar-refractivity contribution is 5.95. The molecule has 0 bridgehead atoms. The number of alkyl halides is 6. The molecule has 0 saturated heterocycles. The molecule has 1 aromatic carbocycles. The highest BCUT2D eigenvalue weighted by atomic mass is 19.4. The minimum Gasteiger partial charge on any atom is -0.376 e. The topological polar surface area (TPSA) is 56.2 Å². The standard InChI is InChI=1S/C17H15F6N3O2/c18-16(19,20)12-4-2-1-3-10(12)15(27)24-6-7-26-13-5-8-28-9-11(13)14(25-26)17(21,22)23/h1-4H,5-9H2,(H,24,27). The van der Waals surface area contributed by atoms with Crippen LogP contribution in [-0.2, 0) is 36.7 Å². The molecule has 0 fully saturated rings. The van der Waals surface area contributed by atoms with Crippen LogP contribution in [0, 0.1) is 0 Å². The van der Waals surface area contributed by atoms with Crippen molar-refractivity contribution in [2.24, 2.45) is 0 Å². The summed E-state index contributed by atoms with van der Waals surface area (Å²) in [5.41, 5.74) is -2.38. The predicted molar refractivity (Wildman–Crippen MR) is 84.4 cm³/mol. The number of benzene rings is 1. The summed E-state index contributed by atoms with van der Waals surface area (Å²) in [6.45, 7) is -0.271. The third-order valence-corrected chi connectivity index (χ3v) is 4.25. The van der Waals surface area contributed by atoms with E-state index >= 15 is 0 Å². The van der Waals surface area contributed by atoms with E-state index in [1.807, 2.05) is 0 Å². The van der Waals surface area contributed by atoms with Gasteiger partial charge < -0.3 is 10.1 Å². The summed E-state index contributed by atoms with van der Waals surface area (Å²) in [4.78, 5) is 12.1. The van der Waals surface area contributed by atoms with Gasteiger partial charge in [-0.2, -0.15) is 31.4 Å². The zero-order chi connectivity index (χ0) is 20.5. The van der Waals surface area contributed by atoms with Crippen molar-refractivity contribution in [3.8, 4) is 0 Å². The quantitative estimate of drug-likeness (QED) is 0.791. The highest BCUT2D eigenvalue weighted by Gasteiger charge is 2.40. The van der Waals surface area contributed by atoms with E-state index in [-0.39, 0.29) is 38.3 Å². The zero-order valence-corrected chi connectivity index (χ0v) is 14.3. The van der Waals surface area contributed by atoms with Gasteiger partial charge in [0, 0.05) is 24.2 Å². The smallest absolute Gasteiger partial charge is 0.376 e. The Morgan fingerprint density at radius 3 is 2.54 bits per heavy atom. The third-order valence-electron chi connectivity index (χ3n) is 4.25. The number of hydrogen-bond acceptors (Lipinski definition) is 3. The number of nitrogens with zero attached hydrogens (tertiary/aromatic N) is 2. The lowest BCUT2D eigenvalue weighted by atomic mass is 10.1. The Morgan fingerprint density at radius 2 is 1.86 bits per heavy atom. The lowest BCUT2D eigenvalue weighted by molar-refractivity contribution is -0.143. The van der Waals surface area contributed by atoms with Crippen LogP contribution < -0.4 is 5.32 Å². The van der Waals surface area contributed by atoms with Crippen molar-refractivity contribution in [1.29, 1.82) is 0 Å². The Balaban J connectivity index is 1.73. The van der Waals surface area contributed by atoms with Crippen molar-refractivity contribution in [2.45, 2.75) is 31.9 Å². The number of carbonyl (C=O) groups excluding carboxylic acids is 1. The first-order valence-corrected chi connectivity index (χ1v) is 8.27. The van der Waals surface area contributed by atoms with E-state index in [9.17, 15) is 31.1 Å². The number of fused-ring (bicyclic) bond motifs is 1.